The second-order valence-corrected chi connectivity index (χ2v) is 10.7. The van der Waals surface area contributed by atoms with E-state index >= 15 is 0 Å². The highest BCUT2D eigenvalue weighted by Gasteiger charge is 2.43. The molecule has 2 aliphatic rings. The van der Waals surface area contributed by atoms with Crippen LogP contribution in [-0.4, -0.2) is 50.3 Å². The summed E-state index contributed by atoms with van der Waals surface area (Å²) >= 11 is 0. The molecule has 0 radical (unpaired) electrons. The number of amidine groups is 1. The maximum Gasteiger partial charge on any atom is 0.243 e. The lowest BCUT2D eigenvalue weighted by Gasteiger charge is -2.44. The quantitative estimate of drug-likeness (QED) is 0.767. The molecular formula is C24H32N4O2S. The van der Waals surface area contributed by atoms with E-state index in [2.05, 4.69) is 41.8 Å². The molecule has 7 heteroatoms. The Hall–Kier alpha value is -2.22. The van der Waals surface area contributed by atoms with Gasteiger partial charge in [0.25, 0.3) is 0 Å². The minimum atomic E-state index is -3.49. The predicted molar refractivity (Wildman–Crippen MR) is 125 cm³/mol. The molecule has 1 saturated heterocycles. The molecule has 0 unspecified atom stereocenters. The summed E-state index contributed by atoms with van der Waals surface area (Å²) in [4.78, 5) is 5.18. The third-order valence-corrected chi connectivity index (χ3v) is 8.16. The lowest BCUT2D eigenvalue weighted by Crippen LogP contribution is -2.64. The molecule has 2 aromatic rings. The van der Waals surface area contributed by atoms with Crippen molar-refractivity contribution < 1.29 is 8.42 Å². The van der Waals surface area contributed by atoms with Gasteiger partial charge in [-0.3, -0.25) is 4.99 Å². The van der Waals surface area contributed by atoms with Crippen LogP contribution in [0.3, 0.4) is 0 Å². The zero-order valence-electron chi connectivity index (χ0n) is 18.6. The molecule has 1 fully saturated rings. The molecule has 1 spiro atoms. The first-order valence-corrected chi connectivity index (χ1v) is 12.4. The van der Waals surface area contributed by atoms with Crippen molar-refractivity contribution in [2.24, 2.45) is 4.99 Å². The van der Waals surface area contributed by atoms with Crippen LogP contribution in [0.15, 0.2) is 52.4 Å². The number of piperidine rings is 1. The largest absolute Gasteiger partial charge is 0.368 e. The fourth-order valence-electron chi connectivity index (χ4n) is 4.57. The minimum absolute atomic E-state index is 0.280. The summed E-state index contributed by atoms with van der Waals surface area (Å²) in [7, 11) is -3.49. The lowest BCUT2D eigenvalue weighted by atomic mass is 9.85. The van der Waals surface area contributed by atoms with Gasteiger partial charge in [0.15, 0.2) is 0 Å². The second-order valence-electron chi connectivity index (χ2n) is 8.81. The summed E-state index contributed by atoms with van der Waals surface area (Å²) in [6, 6.07) is 14.0. The third kappa shape index (κ3) is 4.68. The van der Waals surface area contributed by atoms with Crippen LogP contribution in [-0.2, 0) is 16.6 Å². The summed E-state index contributed by atoms with van der Waals surface area (Å²) in [6.45, 7) is 9.19. The van der Waals surface area contributed by atoms with Crippen molar-refractivity contribution in [3.8, 4) is 0 Å². The smallest absolute Gasteiger partial charge is 0.243 e. The molecule has 166 valence electrons. The molecule has 31 heavy (non-hydrogen) atoms. The number of nitrogens with one attached hydrogen (secondary N) is 2. The average Bonchev–Trinajstić information content (AvgIpc) is 2.74. The number of rotatable bonds is 4. The fourth-order valence-corrected chi connectivity index (χ4v) is 6.20. The van der Waals surface area contributed by atoms with Crippen LogP contribution in [0.4, 0.5) is 0 Å². The summed E-state index contributed by atoms with van der Waals surface area (Å²) in [6.07, 6.45) is 1.41. The van der Waals surface area contributed by atoms with Crippen molar-refractivity contribution in [3.05, 3.63) is 64.7 Å². The number of benzene rings is 2. The number of aliphatic imine (C=N–C) groups is 1. The van der Waals surface area contributed by atoms with Crippen molar-refractivity contribution in [1.82, 2.24) is 14.9 Å². The Bertz CT molecular complexity index is 1050. The number of hydrogen-bond acceptors (Lipinski definition) is 5. The van der Waals surface area contributed by atoms with Crippen LogP contribution in [0, 0.1) is 20.8 Å². The van der Waals surface area contributed by atoms with Gasteiger partial charge in [-0.05, 0) is 62.4 Å². The van der Waals surface area contributed by atoms with Crippen LogP contribution in [0.25, 0.3) is 0 Å². The highest BCUT2D eigenvalue weighted by atomic mass is 32.2. The molecule has 4 rings (SSSR count). The van der Waals surface area contributed by atoms with Crippen LogP contribution < -0.4 is 10.6 Å². The van der Waals surface area contributed by atoms with E-state index < -0.39 is 10.0 Å². The van der Waals surface area contributed by atoms with Crippen molar-refractivity contribution in [2.75, 3.05) is 26.2 Å². The summed E-state index contributed by atoms with van der Waals surface area (Å²) in [5, 5.41) is 7.18. The van der Waals surface area contributed by atoms with E-state index in [0.29, 0.717) is 37.4 Å². The van der Waals surface area contributed by atoms with E-state index in [0.717, 1.165) is 30.1 Å². The first kappa shape index (κ1) is 22.0. The topological polar surface area (TPSA) is 73.8 Å². The first-order chi connectivity index (χ1) is 14.8. The zero-order valence-corrected chi connectivity index (χ0v) is 19.4. The molecule has 2 aromatic carbocycles. The van der Waals surface area contributed by atoms with Gasteiger partial charge in [0.05, 0.1) is 17.0 Å². The van der Waals surface area contributed by atoms with Gasteiger partial charge in [0.2, 0.25) is 10.0 Å². The molecule has 2 aliphatic heterocycles. The molecule has 0 amide bonds. The van der Waals surface area contributed by atoms with E-state index in [1.807, 2.05) is 19.9 Å². The maximum atomic E-state index is 13.2. The van der Waals surface area contributed by atoms with E-state index in [4.69, 9.17) is 4.99 Å². The monoisotopic (exact) mass is 440 g/mol. The van der Waals surface area contributed by atoms with Crippen molar-refractivity contribution in [2.45, 2.75) is 50.6 Å². The van der Waals surface area contributed by atoms with Crippen LogP contribution >= 0.6 is 0 Å². The average molecular weight is 441 g/mol. The molecule has 0 bridgehead atoms. The molecular weight excluding hydrogens is 408 g/mol. The molecule has 2 N–H and O–H groups in total. The first-order valence-electron chi connectivity index (χ1n) is 11.0. The number of nitrogens with zero attached hydrogens (tertiary/aromatic N) is 2. The van der Waals surface area contributed by atoms with E-state index in [1.165, 1.54) is 11.1 Å². The van der Waals surface area contributed by atoms with Gasteiger partial charge >= 0.3 is 0 Å². The van der Waals surface area contributed by atoms with Gasteiger partial charge in [-0.1, -0.05) is 35.9 Å². The van der Waals surface area contributed by atoms with Crippen LogP contribution in [0.1, 0.15) is 35.1 Å². The number of aryl methyl sites for hydroxylation is 3. The lowest BCUT2D eigenvalue weighted by molar-refractivity contribution is 0.241. The fraction of sp³-hybridized carbons (Fsp3) is 0.458. The number of sulfonamides is 1. The Kier molecular flexibility index (Phi) is 6.19. The van der Waals surface area contributed by atoms with Gasteiger partial charge in [0.1, 0.15) is 5.84 Å². The van der Waals surface area contributed by atoms with Crippen molar-refractivity contribution in [1.29, 1.82) is 0 Å². The van der Waals surface area contributed by atoms with E-state index in [1.54, 1.807) is 16.4 Å². The minimum Gasteiger partial charge on any atom is -0.368 e. The normalized spacial score (nSPS) is 19.3. The molecule has 6 nitrogen and oxygen atoms in total. The Balaban J connectivity index is 1.46. The van der Waals surface area contributed by atoms with Crippen molar-refractivity contribution in [3.63, 3.8) is 0 Å². The van der Waals surface area contributed by atoms with Crippen LogP contribution in [0.5, 0.6) is 0 Å². The van der Waals surface area contributed by atoms with Gasteiger partial charge in [0, 0.05) is 26.2 Å². The predicted octanol–water partition coefficient (Wildman–Crippen LogP) is 2.93. The molecule has 0 atom stereocenters. The zero-order chi connectivity index (χ0) is 22.1. The Morgan fingerprint density at radius 3 is 2.29 bits per heavy atom. The number of hydrogen-bond donors (Lipinski definition) is 2. The van der Waals surface area contributed by atoms with Gasteiger partial charge in [-0.25, -0.2) is 8.42 Å². The van der Waals surface area contributed by atoms with Crippen molar-refractivity contribution >= 4 is 15.9 Å². The van der Waals surface area contributed by atoms with Gasteiger partial charge in [-0.2, -0.15) is 4.31 Å². The summed E-state index contributed by atoms with van der Waals surface area (Å²) in [5.74, 6) is 0.961. The highest BCUT2D eigenvalue weighted by Crippen LogP contribution is 2.29. The van der Waals surface area contributed by atoms with E-state index in [-0.39, 0.29) is 5.54 Å². The molecule has 0 aliphatic carbocycles. The standard InChI is InChI=1S/C24H32N4O2S/c1-18-4-6-21(7-5-18)17-26-23-24(27-11-10-25-23)8-12-28(13-9-24)31(29,30)22-15-19(2)14-20(3)16-22/h4-7,14-16,27H,8-13,17H2,1-3H3,(H,25,26). The third-order valence-electron chi connectivity index (χ3n) is 6.29. The van der Waals surface area contributed by atoms with E-state index in [9.17, 15) is 8.42 Å². The highest BCUT2D eigenvalue weighted by molar-refractivity contribution is 7.89. The summed E-state index contributed by atoms with van der Waals surface area (Å²) < 4.78 is 28.1. The molecule has 0 aromatic heterocycles. The maximum absolute atomic E-state index is 13.2. The summed E-state index contributed by atoms with van der Waals surface area (Å²) in [5.41, 5.74) is 4.11. The van der Waals surface area contributed by atoms with Gasteiger partial charge < -0.3 is 10.6 Å². The second kappa shape index (κ2) is 8.73. The van der Waals surface area contributed by atoms with Crippen LogP contribution in [0.2, 0.25) is 0 Å². The SMILES string of the molecule is Cc1ccc(CNC2=NCCNC23CCN(S(=O)(=O)c2cc(C)cc(C)c2)CC3)cc1. The Morgan fingerprint density at radius 2 is 1.65 bits per heavy atom. The van der Waals surface area contributed by atoms with Gasteiger partial charge in [-0.15, -0.1) is 0 Å². The Labute approximate surface area is 185 Å². The molecule has 2 heterocycles. The Morgan fingerprint density at radius 1 is 1.00 bits per heavy atom. The molecule has 0 saturated carbocycles.